The van der Waals surface area contributed by atoms with E-state index >= 15 is 0 Å². The summed E-state index contributed by atoms with van der Waals surface area (Å²) in [6, 6.07) is 8.56. The smallest absolute Gasteiger partial charge is 0.493 e. The molecule has 0 radical (unpaired) electrons. The summed E-state index contributed by atoms with van der Waals surface area (Å²) in [5, 5.41) is 0. The normalized spacial score (nSPS) is 12.6. The van der Waals surface area contributed by atoms with Crippen molar-refractivity contribution in [3.05, 3.63) is 57.6 Å². The largest absolute Gasteiger partial charge is 0.698 e. The van der Waals surface area contributed by atoms with Crippen LogP contribution in [0, 0.1) is 0 Å². The minimum atomic E-state index is -2.33. The van der Waals surface area contributed by atoms with Gasteiger partial charge in [0, 0.05) is 43.3 Å². The van der Waals surface area contributed by atoms with Crippen molar-refractivity contribution in [1.29, 1.82) is 0 Å². The molecule has 0 fully saturated rings. The van der Waals surface area contributed by atoms with Crippen molar-refractivity contribution >= 4 is 8.25 Å². The van der Waals surface area contributed by atoms with Crippen molar-refractivity contribution in [2.75, 3.05) is 13.2 Å². The van der Waals surface area contributed by atoms with Gasteiger partial charge < -0.3 is 9.47 Å². The molecule has 0 saturated carbocycles. The first-order valence-corrected chi connectivity index (χ1v) is 17.6. The Morgan fingerprint density at radius 2 is 0.800 bits per heavy atom. The van der Waals surface area contributed by atoms with Crippen LogP contribution in [0.15, 0.2) is 24.3 Å². The first kappa shape index (κ1) is 41.6. The zero-order valence-electron chi connectivity index (χ0n) is 30.8. The molecule has 0 aromatic heterocycles. The van der Waals surface area contributed by atoms with Crippen LogP contribution < -0.4 is 9.47 Å². The van der Waals surface area contributed by atoms with E-state index in [9.17, 15) is 4.57 Å². The molecule has 0 saturated heterocycles. The van der Waals surface area contributed by atoms with Crippen molar-refractivity contribution < 1.29 is 39.6 Å². The minimum absolute atomic E-state index is 0. The average Bonchev–Trinajstić information content (AvgIpc) is 2.89. The van der Waals surface area contributed by atoms with Gasteiger partial charge in [-0.3, -0.25) is 0 Å². The third-order valence-corrected chi connectivity index (χ3v) is 8.37. The molecule has 0 N–H and O–H groups in total. The molecule has 0 aliphatic heterocycles. The molecule has 0 heterocycles. The van der Waals surface area contributed by atoms with Crippen molar-refractivity contribution in [3.63, 3.8) is 0 Å². The monoisotopic (exact) mass is 687 g/mol. The van der Waals surface area contributed by atoms with Gasteiger partial charge in [-0.05, 0) is 69.9 Å². The maximum absolute atomic E-state index is 13.1. The molecule has 2 aromatic carbocycles. The van der Waals surface area contributed by atoms with Gasteiger partial charge in [-0.25, -0.2) is 0 Å². The Kier molecular flexibility index (Phi) is 15.8. The summed E-state index contributed by atoms with van der Waals surface area (Å²) in [5.41, 5.74) is 5.99. The van der Waals surface area contributed by atoms with Crippen molar-refractivity contribution in [2.45, 2.75) is 157 Å². The van der Waals surface area contributed by atoms with E-state index in [0.717, 1.165) is 70.6 Å². The Balaban J connectivity index is 0.0000101. The van der Waals surface area contributed by atoms with Crippen LogP contribution in [0.3, 0.4) is 0 Å². The molecule has 258 valence electrons. The molecular weight excluding hydrogens is 626 g/mol. The molecule has 7 heteroatoms. The van der Waals surface area contributed by atoms with Gasteiger partial charge in [-0.15, -0.1) is 9.05 Å². The molecule has 0 spiro atoms. The number of benzene rings is 2. The molecule has 2 rings (SSSR count). The van der Waals surface area contributed by atoms with Gasteiger partial charge in [0.2, 0.25) is 0 Å². The third kappa shape index (κ3) is 12.6. The second-order valence-corrected chi connectivity index (χ2v) is 17.2. The first-order valence-electron chi connectivity index (χ1n) is 16.5. The van der Waals surface area contributed by atoms with Crippen molar-refractivity contribution in [1.82, 2.24) is 0 Å². The van der Waals surface area contributed by atoms with Gasteiger partial charge in [0.25, 0.3) is 0 Å². The van der Waals surface area contributed by atoms with Crippen LogP contribution >= 0.6 is 8.25 Å². The average molecular weight is 689 g/mol. The molecule has 5 nitrogen and oxygen atoms in total. The molecular formula is C38H62NiO5P+. The Morgan fingerprint density at radius 3 is 1.02 bits per heavy atom. The summed E-state index contributed by atoms with van der Waals surface area (Å²) in [7, 11) is -2.33. The van der Waals surface area contributed by atoms with Crippen LogP contribution in [0.5, 0.6) is 11.5 Å². The zero-order valence-corrected chi connectivity index (χ0v) is 32.7. The Bertz CT molecular complexity index is 1080. The molecule has 0 unspecified atom stereocenters. The number of hydrogen-bond donors (Lipinski definition) is 0. The van der Waals surface area contributed by atoms with Crippen LogP contribution in [0.1, 0.15) is 156 Å². The fraction of sp³-hybridized carbons (Fsp3) is 0.684. The predicted molar refractivity (Wildman–Crippen MR) is 186 cm³/mol. The number of ether oxygens (including phenoxy) is 2. The summed E-state index contributed by atoms with van der Waals surface area (Å²) in [4.78, 5) is 0. The maximum atomic E-state index is 13.1. The van der Waals surface area contributed by atoms with Gasteiger partial charge in [0.15, 0.2) is 0 Å². The summed E-state index contributed by atoms with van der Waals surface area (Å²) in [5.74, 6) is 1.93. The van der Waals surface area contributed by atoms with Gasteiger partial charge in [0.05, 0.1) is 13.2 Å². The number of unbranched alkanes of at least 4 members (excludes halogenated alkanes) is 2. The fourth-order valence-corrected chi connectivity index (χ4v) is 5.60. The second kappa shape index (κ2) is 17.1. The van der Waals surface area contributed by atoms with E-state index in [2.05, 4.69) is 121 Å². The summed E-state index contributed by atoms with van der Waals surface area (Å²) < 4.78 is 37.5. The second-order valence-electron chi connectivity index (χ2n) is 16.2. The third-order valence-electron chi connectivity index (χ3n) is 7.69. The van der Waals surface area contributed by atoms with Crippen molar-refractivity contribution in [2.24, 2.45) is 0 Å². The molecule has 45 heavy (non-hydrogen) atoms. The van der Waals surface area contributed by atoms with E-state index in [1.807, 2.05) is 0 Å². The van der Waals surface area contributed by atoms with Gasteiger partial charge in [0.1, 0.15) is 24.7 Å². The molecule has 2 aromatic rings. The topological polar surface area (TPSA) is 54.0 Å². The Morgan fingerprint density at radius 1 is 0.533 bits per heavy atom. The van der Waals surface area contributed by atoms with E-state index in [4.69, 9.17) is 18.5 Å². The minimum Gasteiger partial charge on any atom is -0.493 e. The van der Waals surface area contributed by atoms with E-state index < -0.39 is 8.25 Å². The zero-order chi connectivity index (χ0) is 33.5. The van der Waals surface area contributed by atoms with E-state index in [0.29, 0.717) is 13.2 Å². The van der Waals surface area contributed by atoms with Gasteiger partial charge in [-0.2, -0.15) is 0 Å². The van der Waals surface area contributed by atoms with E-state index in [1.54, 1.807) is 0 Å². The van der Waals surface area contributed by atoms with Crippen LogP contribution in [0.25, 0.3) is 0 Å². The molecule has 0 bridgehead atoms. The fourth-order valence-electron chi connectivity index (χ4n) is 5.01. The summed E-state index contributed by atoms with van der Waals surface area (Å²) >= 11 is 0. The first-order chi connectivity index (χ1) is 20.2. The molecule has 0 aliphatic carbocycles. The van der Waals surface area contributed by atoms with Gasteiger partial charge in [-0.1, -0.05) is 110 Å². The molecule has 0 aliphatic rings. The van der Waals surface area contributed by atoms with Crippen LogP contribution in [0.4, 0.5) is 0 Å². The van der Waals surface area contributed by atoms with E-state index in [1.165, 1.54) is 0 Å². The van der Waals surface area contributed by atoms with Crippen LogP contribution in [0.2, 0.25) is 0 Å². The van der Waals surface area contributed by atoms with Crippen LogP contribution in [-0.2, 0) is 65.0 Å². The summed E-state index contributed by atoms with van der Waals surface area (Å²) in [6.07, 6.45) is 4.19. The van der Waals surface area contributed by atoms with Crippen molar-refractivity contribution in [3.8, 4) is 11.5 Å². The van der Waals surface area contributed by atoms with Crippen LogP contribution in [-0.4, -0.2) is 13.2 Å². The summed E-state index contributed by atoms with van der Waals surface area (Å²) in [6.45, 7) is 32.5. The van der Waals surface area contributed by atoms with Gasteiger partial charge >= 0.3 is 8.25 Å². The SMILES string of the molecule is CCCCOc1c(C(C)(C)C)cc(CO[P+](=O)OCc2cc(C(C)(C)C)c(OCCCC)c(C(C)(C)C)c2)cc1C(C)(C)C.[Ni]. The van der Waals surface area contributed by atoms with E-state index in [-0.39, 0.29) is 51.4 Å². The Hall–Kier alpha value is -1.45. The molecule has 0 amide bonds. The maximum Gasteiger partial charge on any atom is 0.698 e. The number of hydrogen-bond acceptors (Lipinski definition) is 5. The Labute approximate surface area is 286 Å². The number of rotatable bonds is 14. The molecule has 0 atom stereocenters. The predicted octanol–water partition coefficient (Wildman–Crippen LogP) is 11.6. The quantitative estimate of drug-likeness (QED) is 0.112. The standard InChI is InChI=1S/C38H62O5P.Ni/c1-15-17-19-40-33-29(35(3,4)5)21-27(22-30(33)36(6,7)8)25-42-44(39)43-26-28-23-31(37(9,10)11)34(41-20-18-16-2)32(24-28)38(12,13)14;/h21-24H,15-20,25-26H2,1-14H3;/q+1;.